The van der Waals surface area contributed by atoms with Gasteiger partial charge in [0.05, 0.1) is 5.92 Å². The molecule has 238 valence electrons. The Morgan fingerprint density at radius 2 is 1.70 bits per heavy atom. The van der Waals surface area contributed by atoms with Crippen LogP contribution in [0.4, 0.5) is 18.9 Å². The second kappa shape index (κ2) is 12.8. The molecule has 0 radical (unpaired) electrons. The Labute approximate surface area is 248 Å². The third-order valence-electron chi connectivity index (χ3n) is 8.32. The average molecular weight is 631 g/mol. The highest BCUT2D eigenvalue weighted by molar-refractivity contribution is 7.89. The van der Waals surface area contributed by atoms with Gasteiger partial charge in [-0.15, -0.1) is 0 Å². The number of aliphatic carboxylic acids is 1. The van der Waals surface area contributed by atoms with Gasteiger partial charge in [0.1, 0.15) is 10.6 Å². The summed E-state index contributed by atoms with van der Waals surface area (Å²) in [6.45, 7) is 12.0. The summed E-state index contributed by atoms with van der Waals surface area (Å²) < 4.78 is 71.1. The standard InChI is InChI=1S/C26H36N4O5S.C2HF3O2/c1-17-5-6-18(2)24(13-17)28-8-10-29(11-9-28)26(31)23-15-30(14-22(23)21-7-12-34-16-21)36(32,33)25-19(3)27-35-20(25)4;3-2(4,5)1(6)7/h5-6,13,21-23H,7-12,14-16H2,1-4H3;(H,6,7)/t21?,22-,23+;/m0./s1. The van der Waals surface area contributed by atoms with Gasteiger partial charge in [0.2, 0.25) is 15.9 Å². The predicted molar refractivity (Wildman–Crippen MR) is 149 cm³/mol. The first-order valence-electron chi connectivity index (χ1n) is 14.0. The van der Waals surface area contributed by atoms with E-state index in [0.717, 1.165) is 19.5 Å². The first kappa shape index (κ1) is 32.7. The fraction of sp³-hybridized carbons (Fsp3) is 0.607. The second-order valence-electron chi connectivity index (χ2n) is 11.3. The smallest absolute Gasteiger partial charge is 0.475 e. The number of carbonyl (C=O) groups is 2. The number of alkyl halides is 3. The zero-order chi connectivity index (χ0) is 31.7. The summed E-state index contributed by atoms with van der Waals surface area (Å²) in [5.74, 6) is -2.67. The third kappa shape index (κ3) is 7.15. The molecule has 1 aromatic carbocycles. The molecular formula is C28H37F3N4O7S. The van der Waals surface area contributed by atoms with Crippen molar-refractivity contribution in [3.8, 4) is 0 Å². The Kier molecular flexibility index (Phi) is 9.76. The first-order valence-corrected chi connectivity index (χ1v) is 15.5. The molecule has 1 unspecified atom stereocenters. The second-order valence-corrected chi connectivity index (χ2v) is 13.1. The number of nitrogens with zero attached hydrogens (tertiary/aromatic N) is 4. The molecule has 0 spiro atoms. The van der Waals surface area contributed by atoms with Crippen LogP contribution in [0.5, 0.6) is 0 Å². The normalized spacial score (nSPS) is 23.3. The number of hydrogen-bond donors (Lipinski definition) is 1. The van der Waals surface area contributed by atoms with E-state index < -0.39 is 22.2 Å². The first-order chi connectivity index (χ1) is 20.1. The van der Waals surface area contributed by atoms with Crippen LogP contribution in [0.15, 0.2) is 27.6 Å². The number of sulfonamides is 1. The van der Waals surface area contributed by atoms with Crippen molar-refractivity contribution < 1.29 is 45.5 Å². The van der Waals surface area contributed by atoms with Gasteiger partial charge in [-0.25, -0.2) is 13.2 Å². The van der Waals surface area contributed by atoms with Crippen molar-refractivity contribution in [3.05, 3.63) is 40.8 Å². The van der Waals surface area contributed by atoms with Gasteiger partial charge in [0.15, 0.2) is 5.76 Å². The molecule has 15 heteroatoms. The number of anilines is 1. The molecule has 1 amide bonds. The van der Waals surface area contributed by atoms with Gasteiger partial charge >= 0.3 is 12.1 Å². The lowest BCUT2D eigenvalue weighted by atomic mass is 9.82. The summed E-state index contributed by atoms with van der Waals surface area (Å²) in [5, 5.41) is 11.0. The molecule has 43 heavy (non-hydrogen) atoms. The van der Waals surface area contributed by atoms with Crippen LogP contribution < -0.4 is 4.90 Å². The molecule has 11 nitrogen and oxygen atoms in total. The number of carboxylic acids is 1. The van der Waals surface area contributed by atoms with Gasteiger partial charge in [-0.2, -0.15) is 17.5 Å². The molecule has 3 aliphatic heterocycles. The third-order valence-corrected chi connectivity index (χ3v) is 10.4. The van der Waals surface area contributed by atoms with Crippen molar-refractivity contribution in [1.29, 1.82) is 0 Å². The predicted octanol–water partition coefficient (Wildman–Crippen LogP) is 3.16. The average Bonchev–Trinajstić information content (AvgIpc) is 3.70. The SMILES string of the molecule is Cc1ccc(C)c(N2CCN(C(=O)[C@@H]3CN(S(=O)(=O)c4c(C)noc4C)C[C@H]3C3CCOC3)CC2)c1.O=C(O)C(F)(F)F. The topological polar surface area (TPSA) is 133 Å². The zero-order valence-electron chi connectivity index (χ0n) is 24.6. The highest BCUT2D eigenvalue weighted by Crippen LogP contribution is 2.39. The van der Waals surface area contributed by atoms with Crippen LogP contribution >= 0.6 is 0 Å². The number of benzene rings is 1. The molecule has 3 saturated heterocycles. The molecule has 0 saturated carbocycles. The van der Waals surface area contributed by atoms with E-state index in [1.165, 1.54) is 21.1 Å². The van der Waals surface area contributed by atoms with Crippen LogP contribution in [0.25, 0.3) is 0 Å². The van der Waals surface area contributed by atoms with Gasteiger partial charge < -0.3 is 24.2 Å². The molecule has 3 atom stereocenters. The van der Waals surface area contributed by atoms with Crippen molar-refractivity contribution in [2.45, 2.75) is 45.2 Å². The van der Waals surface area contributed by atoms with Crippen molar-refractivity contribution >= 4 is 27.6 Å². The largest absolute Gasteiger partial charge is 0.490 e. The molecule has 1 aromatic heterocycles. The van der Waals surface area contributed by atoms with Crippen LogP contribution in [0.3, 0.4) is 0 Å². The number of carboxylic acid groups (broad SMARTS) is 1. The monoisotopic (exact) mass is 630 g/mol. The quantitative estimate of drug-likeness (QED) is 0.529. The van der Waals surface area contributed by atoms with Crippen LogP contribution in [0, 0.1) is 45.4 Å². The van der Waals surface area contributed by atoms with Crippen LogP contribution in [-0.4, -0.2) is 98.4 Å². The number of rotatable bonds is 5. The van der Waals surface area contributed by atoms with E-state index in [1.54, 1.807) is 13.8 Å². The minimum atomic E-state index is -5.08. The Morgan fingerprint density at radius 1 is 1.05 bits per heavy atom. The maximum Gasteiger partial charge on any atom is 0.490 e. The number of carbonyl (C=O) groups excluding carboxylic acids is 1. The number of ether oxygens (including phenoxy) is 1. The minimum Gasteiger partial charge on any atom is -0.475 e. The Bertz CT molecular complexity index is 1410. The van der Waals surface area contributed by atoms with E-state index in [4.69, 9.17) is 19.2 Å². The number of halogens is 3. The summed E-state index contributed by atoms with van der Waals surface area (Å²) in [6, 6.07) is 6.47. The van der Waals surface area contributed by atoms with Crippen LogP contribution in [0.1, 0.15) is 29.0 Å². The fourth-order valence-electron chi connectivity index (χ4n) is 6.05. The number of aromatic nitrogens is 1. The van der Waals surface area contributed by atoms with Gasteiger partial charge in [-0.1, -0.05) is 17.3 Å². The molecule has 1 N–H and O–H groups in total. The minimum absolute atomic E-state index is 0.0592. The Hall–Kier alpha value is -3.17. The maximum absolute atomic E-state index is 13.8. The summed E-state index contributed by atoms with van der Waals surface area (Å²) in [5.41, 5.74) is 4.03. The van der Waals surface area contributed by atoms with E-state index in [1.807, 2.05) is 4.90 Å². The van der Waals surface area contributed by atoms with E-state index in [-0.39, 0.29) is 40.9 Å². The molecule has 2 aromatic rings. The van der Waals surface area contributed by atoms with E-state index in [2.05, 4.69) is 42.1 Å². The Balaban J connectivity index is 0.000000541. The van der Waals surface area contributed by atoms with Crippen LogP contribution in [-0.2, 0) is 24.3 Å². The number of amides is 1. The van der Waals surface area contributed by atoms with Crippen molar-refractivity contribution in [3.63, 3.8) is 0 Å². The lowest BCUT2D eigenvalue weighted by Gasteiger charge is -2.38. The summed E-state index contributed by atoms with van der Waals surface area (Å²) in [6.07, 6.45) is -4.23. The van der Waals surface area contributed by atoms with Gasteiger partial charge in [0.25, 0.3) is 0 Å². The molecule has 0 aliphatic carbocycles. The molecular weight excluding hydrogens is 593 g/mol. The highest BCUT2D eigenvalue weighted by Gasteiger charge is 2.49. The van der Waals surface area contributed by atoms with E-state index >= 15 is 0 Å². The van der Waals surface area contributed by atoms with Gasteiger partial charge in [-0.05, 0) is 63.1 Å². The molecule has 3 fully saturated rings. The van der Waals surface area contributed by atoms with Crippen molar-refractivity contribution in [1.82, 2.24) is 14.4 Å². The molecule has 4 heterocycles. The van der Waals surface area contributed by atoms with E-state index in [0.29, 0.717) is 38.5 Å². The molecule has 3 aliphatic rings. The number of hydrogen-bond acceptors (Lipinski definition) is 8. The Morgan fingerprint density at radius 3 is 2.23 bits per heavy atom. The maximum atomic E-state index is 13.8. The lowest BCUT2D eigenvalue weighted by Crippen LogP contribution is -2.52. The number of aryl methyl sites for hydroxylation is 4. The molecule has 5 rings (SSSR count). The van der Waals surface area contributed by atoms with Gasteiger partial charge in [-0.3, -0.25) is 4.79 Å². The summed E-state index contributed by atoms with van der Waals surface area (Å²) in [7, 11) is -3.81. The summed E-state index contributed by atoms with van der Waals surface area (Å²) in [4.78, 5) is 27.1. The fourth-order valence-corrected chi connectivity index (χ4v) is 7.85. The zero-order valence-corrected chi connectivity index (χ0v) is 25.4. The van der Waals surface area contributed by atoms with Gasteiger partial charge in [0, 0.05) is 58.2 Å². The lowest BCUT2D eigenvalue weighted by molar-refractivity contribution is -0.192. The molecule has 0 bridgehead atoms. The van der Waals surface area contributed by atoms with Crippen molar-refractivity contribution in [2.75, 3.05) is 57.4 Å². The van der Waals surface area contributed by atoms with E-state index in [9.17, 15) is 26.4 Å². The highest BCUT2D eigenvalue weighted by atomic mass is 32.2. The van der Waals surface area contributed by atoms with Crippen LogP contribution in [0.2, 0.25) is 0 Å². The van der Waals surface area contributed by atoms with Crippen molar-refractivity contribution in [2.24, 2.45) is 17.8 Å². The summed E-state index contributed by atoms with van der Waals surface area (Å²) >= 11 is 0. The number of piperazine rings is 1.